The van der Waals surface area contributed by atoms with Gasteiger partial charge in [0.2, 0.25) is 5.91 Å². The molecule has 0 atom stereocenters. The Morgan fingerprint density at radius 1 is 1.19 bits per heavy atom. The number of nitrogens with one attached hydrogen (secondary N) is 1. The molecule has 0 aliphatic heterocycles. The summed E-state index contributed by atoms with van der Waals surface area (Å²) in [6.07, 6.45) is 4.79. The molecule has 3 aromatic rings. The van der Waals surface area contributed by atoms with Gasteiger partial charge >= 0.3 is 0 Å². The van der Waals surface area contributed by atoms with Crippen molar-refractivity contribution < 1.29 is 9.53 Å². The van der Waals surface area contributed by atoms with E-state index in [2.05, 4.69) is 34.6 Å². The Morgan fingerprint density at radius 3 is 2.84 bits per heavy atom. The number of nitrogens with zero attached hydrogens (tertiary/aromatic N) is 3. The zero-order valence-electron chi connectivity index (χ0n) is 17.7. The van der Waals surface area contributed by atoms with Crippen molar-refractivity contribution in [2.24, 2.45) is 7.05 Å². The Bertz CT molecular complexity index is 1100. The van der Waals surface area contributed by atoms with Crippen LogP contribution in [-0.4, -0.2) is 26.4 Å². The number of hydrogen-bond donors (Lipinski definition) is 1. The summed E-state index contributed by atoms with van der Waals surface area (Å²) in [4.78, 5) is 12.2. The second-order valence-corrected chi connectivity index (χ2v) is 8.95. The first-order chi connectivity index (χ1) is 15.0. The summed E-state index contributed by atoms with van der Waals surface area (Å²) in [5.41, 5.74) is 4.71. The third kappa shape index (κ3) is 5.05. The van der Waals surface area contributed by atoms with Gasteiger partial charge in [-0.15, -0.1) is 10.2 Å². The molecule has 1 N–H and O–H groups in total. The second kappa shape index (κ2) is 9.75. The molecule has 1 aliphatic carbocycles. The zero-order valence-corrected chi connectivity index (χ0v) is 19.2. The maximum Gasteiger partial charge on any atom is 0.234 e. The van der Waals surface area contributed by atoms with Crippen LogP contribution >= 0.6 is 23.4 Å². The van der Waals surface area contributed by atoms with Crippen LogP contribution in [0.25, 0.3) is 0 Å². The van der Waals surface area contributed by atoms with Gasteiger partial charge in [0, 0.05) is 7.05 Å². The Morgan fingerprint density at radius 2 is 2.00 bits per heavy atom. The van der Waals surface area contributed by atoms with Crippen molar-refractivity contribution in [1.82, 2.24) is 14.8 Å². The first-order valence-electron chi connectivity index (χ1n) is 10.3. The van der Waals surface area contributed by atoms with Gasteiger partial charge in [0.1, 0.15) is 12.4 Å². The predicted octanol–water partition coefficient (Wildman–Crippen LogP) is 4.97. The van der Waals surface area contributed by atoms with E-state index in [1.165, 1.54) is 41.3 Å². The minimum atomic E-state index is -0.149. The van der Waals surface area contributed by atoms with Gasteiger partial charge in [0.15, 0.2) is 11.0 Å². The predicted molar refractivity (Wildman–Crippen MR) is 124 cm³/mol. The van der Waals surface area contributed by atoms with Crippen LogP contribution in [0.15, 0.2) is 41.6 Å². The molecule has 0 fully saturated rings. The average molecular weight is 457 g/mol. The number of thioether (sulfide) groups is 1. The molecule has 8 heteroatoms. The van der Waals surface area contributed by atoms with Gasteiger partial charge in [0.05, 0.1) is 16.5 Å². The van der Waals surface area contributed by atoms with Crippen LogP contribution in [0.4, 0.5) is 5.69 Å². The van der Waals surface area contributed by atoms with Crippen LogP contribution in [0.3, 0.4) is 0 Å². The van der Waals surface area contributed by atoms with E-state index in [0.717, 1.165) is 18.6 Å². The van der Waals surface area contributed by atoms with E-state index in [4.69, 9.17) is 16.3 Å². The lowest BCUT2D eigenvalue weighted by atomic mass is 9.88. The highest BCUT2D eigenvalue weighted by Crippen LogP contribution is 2.31. The molecule has 1 amide bonds. The van der Waals surface area contributed by atoms with E-state index >= 15 is 0 Å². The number of rotatable bonds is 7. The minimum absolute atomic E-state index is 0.149. The number of carbonyl (C=O) groups is 1. The van der Waals surface area contributed by atoms with Crippen molar-refractivity contribution in [1.29, 1.82) is 0 Å². The Kier molecular flexibility index (Phi) is 6.83. The first kappa shape index (κ1) is 21.7. The number of ether oxygens (including phenoxy) is 1. The monoisotopic (exact) mass is 456 g/mol. The van der Waals surface area contributed by atoms with E-state index in [1.807, 2.05) is 23.7 Å². The van der Waals surface area contributed by atoms with Crippen LogP contribution < -0.4 is 10.1 Å². The number of hydrogen-bond acceptors (Lipinski definition) is 5. The molecule has 162 valence electrons. The molecule has 0 saturated heterocycles. The van der Waals surface area contributed by atoms with E-state index in [-0.39, 0.29) is 11.7 Å². The van der Waals surface area contributed by atoms with Crippen LogP contribution in [-0.2, 0) is 31.3 Å². The highest BCUT2D eigenvalue weighted by molar-refractivity contribution is 7.99. The molecule has 2 aromatic carbocycles. The van der Waals surface area contributed by atoms with Crippen molar-refractivity contribution in [2.75, 3.05) is 11.1 Å². The maximum atomic E-state index is 12.2. The molecule has 1 aliphatic rings. The van der Waals surface area contributed by atoms with Crippen LogP contribution in [0.5, 0.6) is 5.75 Å². The quantitative estimate of drug-likeness (QED) is 0.508. The molecular weight excluding hydrogens is 432 g/mol. The van der Waals surface area contributed by atoms with Gasteiger partial charge < -0.3 is 14.6 Å². The normalized spacial score (nSPS) is 13.0. The van der Waals surface area contributed by atoms with E-state index < -0.39 is 0 Å². The van der Waals surface area contributed by atoms with Crippen LogP contribution in [0.2, 0.25) is 5.02 Å². The number of fused-ring (bicyclic) bond motifs is 1. The summed E-state index contributed by atoms with van der Waals surface area (Å²) in [7, 11) is 1.88. The summed E-state index contributed by atoms with van der Waals surface area (Å²) in [5.74, 6) is 1.67. The molecule has 31 heavy (non-hydrogen) atoms. The number of aromatic nitrogens is 3. The Hall–Kier alpha value is -2.51. The molecule has 6 nitrogen and oxygen atoms in total. The topological polar surface area (TPSA) is 69.0 Å². The lowest BCUT2D eigenvalue weighted by molar-refractivity contribution is -0.113. The van der Waals surface area contributed by atoms with Crippen molar-refractivity contribution in [2.45, 2.75) is 44.4 Å². The molecule has 0 bridgehead atoms. The number of halogens is 1. The summed E-state index contributed by atoms with van der Waals surface area (Å²) in [5, 5.41) is 12.4. The number of aryl methyl sites for hydroxylation is 1. The van der Waals surface area contributed by atoms with Crippen molar-refractivity contribution >= 4 is 35.0 Å². The van der Waals surface area contributed by atoms with E-state index in [1.54, 1.807) is 12.1 Å². The summed E-state index contributed by atoms with van der Waals surface area (Å²) in [6.45, 7) is 2.46. The number of para-hydroxylation sites is 1. The SMILES string of the molecule is Cc1c(OCc2nnc(SCC(=O)Nc3ccccc3Cl)n2C)ccc2c1CCCC2. The molecule has 4 rings (SSSR count). The lowest BCUT2D eigenvalue weighted by Crippen LogP contribution is -2.15. The van der Waals surface area contributed by atoms with E-state index in [9.17, 15) is 4.79 Å². The molecular formula is C23H25ClN4O2S. The second-order valence-electron chi connectivity index (χ2n) is 7.60. The largest absolute Gasteiger partial charge is 0.485 e. The van der Waals surface area contributed by atoms with Crippen LogP contribution in [0.1, 0.15) is 35.4 Å². The summed E-state index contributed by atoms with van der Waals surface area (Å²) < 4.78 is 7.94. The maximum absolute atomic E-state index is 12.2. The summed E-state index contributed by atoms with van der Waals surface area (Å²) >= 11 is 7.41. The highest BCUT2D eigenvalue weighted by Gasteiger charge is 2.16. The molecule has 0 unspecified atom stereocenters. The third-order valence-electron chi connectivity index (χ3n) is 5.53. The summed E-state index contributed by atoms with van der Waals surface area (Å²) in [6, 6.07) is 11.4. The van der Waals surface area contributed by atoms with Crippen LogP contribution in [0, 0.1) is 6.92 Å². The average Bonchev–Trinajstić information content (AvgIpc) is 3.13. The fourth-order valence-corrected chi connectivity index (χ4v) is 4.68. The number of amides is 1. The Balaban J connectivity index is 1.34. The number of carbonyl (C=O) groups excluding carboxylic acids is 1. The van der Waals surface area contributed by atoms with Gasteiger partial charge in [0.25, 0.3) is 0 Å². The van der Waals surface area contributed by atoms with E-state index in [0.29, 0.717) is 28.3 Å². The van der Waals surface area contributed by atoms with Gasteiger partial charge in [-0.1, -0.05) is 41.6 Å². The molecule has 1 aromatic heterocycles. The smallest absolute Gasteiger partial charge is 0.234 e. The van der Waals surface area contributed by atoms with Crippen molar-refractivity contribution in [3.63, 3.8) is 0 Å². The van der Waals surface area contributed by atoms with Crippen molar-refractivity contribution in [3.8, 4) is 5.75 Å². The molecule has 0 radical (unpaired) electrons. The molecule has 0 saturated carbocycles. The van der Waals surface area contributed by atoms with Gasteiger partial charge in [-0.3, -0.25) is 4.79 Å². The van der Waals surface area contributed by atoms with Gasteiger partial charge in [-0.2, -0.15) is 0 Å². The van der Waals surface area contributed by atoms with Gasteiger partial charge in [-0.05, 0) is 67.5 Å². The fraction of sp³-hybridized carbons (Fsp3) is 0.348. The number of benzene rings is 2. The highest BCUT2D eigenvalue weighted by atomic mass is 35.5. The van der Waals surface area contributed by atoms with Gasteiger partial charge in [-0.25, -0.2) is 0 Å². The lowest BCUT2D eigenvalue weighted by Gasteiger charge is -2.20. The Labute approximate surface area is 191 Å². The third-order valence-corrected chi connectivity index (χ3v) is 6.88. The molecule has 0 spiro atoms. The standard InChI is InChI=1S/C23H25ClN4O2S/c1-15-17-8-4-3-7-16(17)11-12-20(15)30-13-21-26-27-23(28(21)2)31-14-22(29)25-19-10-6-5-9-18(19)24/h5-6,9-12H,3-4,7-8,13-14H2,1-2H3,(H,25,29). The van der Waals surface area contributed by atoms with Crippen molar-refractivity contribution in [3.05, 3.63) is 63.9 Å². The minimum Gasteiger partial charge on any atom is -0.485 e. The zero-order chi connectivity index (χ0) is 21.8. The molecule has 1 heterocycles. The number of anilines is 1. The fourth-order valence-electron chi connectivity index (χ4n) is 3.77. The first-order valence-corrected chi connectivity index (χ1v) is 11.7.